The summed E-state index contributed by atoms with van der Waals surface area (Å²) in [6, 6.07) is 15.2. The van der Waals surface area contributed by atoms with Crippen molar-refractivity contribution in [3.05, 3.63) is 54.1 Å². The molecule has 1 aliphatic heterocycles. The second-order valence-electron chi connectivity index (χ2n) is 6.17. The Morgan fingerprint density at radius 2 is 1.59 bits per heavy atom. The summed E-state index contributed by atoms with van der Waals surface area (Å²) in [5.41, 5.74) is 2.72. The summed E-state index contributed by atoms with van der Waals surface area (Å²) in [6.07, 6.45) is 0.398. The number of hydrogen-bond acceptors (Lipinski definition) is 4. The van der Waals surface area contributed by atoms with Gasteiger partial charge in [0.1, 0.15) is 5.75 Å². The first-order chi connectivity index (χ1) is 13.1. The number of methoxy groups -OCH3 is 1. The van der Waals surface area contributed by atoms with E-state index in [1.54, 1.807) is 7.11 Å². The molecule has 6 nitrogen and oxygen atoms in total. The third-order valence-corrected chi connectivity index (χ3v) is 4.48. The number of carbonyl (C=O) groups excluding carboxylic acids is 1. The minimum Gasteiger partial charge on any atom is -0.497 e. The molecule has 0 saturated carbocycles. The summed E-state index contributed by atoms with van der Waals surface area (Å²) in [5, 5.41) is 6.76. The highest BCUT2D eigenvalue weighted by atomic mass is 32.1. The Labute approximate surface area is 164 Å². The van der Waals surface area contributed by atoms with Gasteiger partial charge in [-0.3, -0.25) is 4.79 Å². The van der Waals surface area contributed by atoms with Crippen molar-refractivity contribution in [1.29, 1.82) is 0 Å². The molecule has 27 heavy (non-hydrogen) atoms. The Morgan fingerprint density at radius 1 is 1.04 bits per heavy atom. The lowest BCUT2D eigenvalue weighted by molar-refractivity contribution is -0.134. The molecule has 0 unspecified atom stereocenters. The van der Waals surface area contributed by atoms with Gasteiger partial charge < -0.3 is 25.0 Å². The number of nitrogens with one attached hydrogen (secondary N) is 2. The molecular weight excluding hydrogens is 362 g/mol. The minimum atomic E-state index is 0.135. The molecule has 142 valence electrons. The van der Waals surface area contributed by atoms with Crippen LogP contribution in [0.2, 0.25) is 0 Å². The van der Waals surface area contributed by atoms with Crippen LogP contribution in [0.4, 0.5) is 11.4 Å². The van der Waals surface area contributed by atoms with Crippen LogP contribution in [0.1, 0.15) is 5.56 Å². The van der Waals surface area contributed by atoms with Gasteiger partial charge in [-0.2, -0.15) is 0 Å². The average Bonchev–Trinajstić information content (AvgIpc) is 2.70. The Bertz CT molecular complexity index is 772. The summed E-state index contributed by atoms with van der Waals surface area (Å²) >= 11 is 5.34. The van der Waals surface area contributed by atoms with Crippen LogP contribution in [0.3, 0.4) is 0 Å². The van der Waals surface area contributed by atoms with Crippen LogP contribution in [0.15, 0.2) is 48.5 Å². The zero-order valence-electron chi connectivity index (χ0n) is 15.2. The molecule has 1 amide bonds. The van der Waals surface area contributed by atoms with Gasteiger partial charge in [-0.1, -0.05) is 12.1 Å². The summed E-state index contributed by atoms with van der Waals surface area (Å²) in [4.78, 5) is 14.1. The number of anilines is 2. The number of ether oxygens (including phenoxy) is 2. The predicted molar refractivity (Wildman–Crippen MR) is 110 cm³/mol. The fraction of sp³-hybridized carbons (Fsp3) is 0.300. The van der Waals surface area contributed by atoms with E-state index in [2.05, 4.69) is 10.6 Å². The summed E-state index contributed by atoms with van der Waals surface area (Å²) in [7, 11) is 1.63. The van der Waals surface area contributed by atoms with Gasteiger partial charge in [0.05, 0.1) is 26.7 Å². The van der Waals surface area contributed by atoms with Crippen molar-refractivity contribution < 1.29 is 14.3 Å². The number of thiocarbonyl (C=S) groups is 1. The molecule has 1 heterocycles. The molecule has 1 fully saturated rings. The largest absolute Gasteiger partial charge is 0.497 e. The van der Waals surface area contributed by atoms with Gasteiger partial charge in [0.25, 0.3) is 0 Å². The van der Waals surface area contributed by atoms with Crippen LogP contribution in [-0.2, 0) is 16.0 Å². The number of hydrogen-bond donors (Lipinski definition) is 2. The zero-order chi connectivity index (χ0) is 19.1. The van der Waals surface area contributed by atoms with E-state index in [1.807, 2.05) is 53.4 Å². The molecule has 2 N–H and O–H groups in total. The second kappa shape index (κ2) is 9.34. The zero-order valence-corrected chi connectivity index (χ0v) is 16.1. The molecular formula is C20H23N3O3S. The van der Waals surface area contributed by atoms with E-state index in [9.17, 15) is 4.79 Å². The normalized spacial score (nSPS) is 13.7. The van der Waals surface area contributed by atoms with Gasteiger partial charge in [-0.25, -0.2) is 0 Å². The van der Waals surface area contributed by atoms with E-state index in [-0.39, 0.29) is 5.91 Å². The van der Waals surface area contributed by atoms with Crippen molar-refractivity contribution in [3.63, 3.8) is 0 Å². The Hall–Kier alpha value is -2.64. The lowest BCUT2D eigenvalue weighted by Gasteiger charge is -2.26. The maximum Gasteiger partial charge on any atom is 0.227 e. The average molecular weight is 385 g/mol. The quantitative estimate of drug-likeness (QED) is 0.772. The van der Waals surface area contributed by atoms with Crippen LogP contribution < -0.4 is 15.4 Å². The molecule has 0 aliphatic carbocycles. The minimum absolute atomic E-state index is 0.135. The van der Waals surface area contributed by atoms with Crippen molar-refractivity contribution in [1.82, 2.24) is 4.90 Å². The lowest BCUT2D eigenvalue weighted by Crippen LogP contribution is -2.41. The smallest absolute Gasteiger partial charge is 0.227 e. The van der Waals surface area contributed by atoms with Gasteiger partial charge >= 0.3 is 0 Å². The van der Waals surface area contributed by atoms with Gasteiger partial charge in [0, 0.05) is 24.5 Å². The highest BCUT2D eigenvalue weighted by molar-refractivity contribution is 7.80. The highest BCUT2D eigenvalue weighted by Gasteiger charge is 2.16. The first-order valence-electron chi connectivity index (χ1n) is 8.80. The van der Waals surface area contributed by atoms with Gasteiger partial charge in [0.15, 0.2) is 5.11 Å². The summed E-state index contributed by atoms with van der Waals surface area (Å²) in [5.74, 6) is 0.928. The van der Waals surface area contributed by atoms with Crippen molar-refractivity contribution in [2.24, 2.45) is 0 Å². The molecule has 7 heteroatoms. The molecule has 1 saturated heterocycles. The Kier molecular flexibility index (Phi) is 6.62. The molecule has 1 aliphatic rings. The maximum atomic E-state index is 12.3. The Morgan fingerprint density at radius 3 is 2.15 bits per heavy atom. The van der Waals surface area contributed by atoms with Crippen molar-refractivity contribution >= 4 is 34.6 Å². The van der Waals surface area contributed by atoms with Crippen LogP contribution in [0, 0.1) is 0 Å². The van der Waals surface area contributed by atoms with E-state index in [4.69, 9.17) is 21.7 Å². The van der Waals surface area contributed by atoms with Crippen LogP contribution in [-0.4, -0.2) is 49.3 Å². The van der Waals surface area contributed by atoms with E-state index >= 15 is 0 Å². The van der Waals surface area contributed by atoms with Gasteiger partial charge in [-0.05, 0) is 54.2 Å². The van der Waals surface area contributed by atoms with E-state index < -0.39 is 0 Å². The van der Waals surface area contributed by atoms with Crippen molar-refractivity contribution in [2.45, 2.75) is 6.42 Å². The third-order valence-electron chi connectivity index (χ3n) is 4.28. The molecule has 0 bridgehead atoms. The van der Waals surface area contributed by atoms with E-state index in [1.165, 1.54) is 0 Å². The highest BCUT2D eigenvalue weighted by Crippen LogP contribution is 2.16. The molecule has 0 spiro atoms. The lowest BCUT2D eigenvalue weighted by atomic mass is 10.1. The third kappa shape index (κ3) is 5.67. The van der Waals surface area contributed by atoms with E-state index in [0.717, 1.165) is 22.7 Å². The fourth-order valence-electron chi connectivity index (χ4n) is 2.77. The standard InChI is InChI=1S/C20H23N3O3S/c1-25-18-8-6-17(7-9-18)22-20(27)21-16-4-2-15(3-5-16)14-19(24)23-10-12-26-13-11-23/h2-9H,10-14H2,1H3,(H2,21,22,27). The number of amides is 1. The van der Waals surface area contributed by atoms with Crippen molar-refractivity contribution in [3.8, 4) is 5.75 Å². The fourth-order valence-corrected chi connectivity index (χ4v) is 3.01. The molecule has 0 atom stereocenters. The summed E-state index contributed by atoms with van der Waals surface area (Å²) < 4.78 is 10.4. The Balaban J connectivity index is 1.50. The predicted octanol–water partition coefficient (Wildman–Crippen LogP) is 2.91. The molecule has 2 aromatic rings. The SMILES string of the molecule is COc1ccc(NC(=S)Nc2ccc(CC(=O)N3CCOCC3)cc2)cc1. The first kappa shape index (κ1) is 19.1. The van der Waals surface area contributed by atoms with E-state index in [0.29, 0.717) is 37.8 Å². The number of rotatable bonds is 5. The number of nitrogens with zero attached hydrogens (tertiary/aromatic N) is 1. The monoisotopic (exact) mass is 385 g/mol. The van der Waals surface area contributed by atoms with Crippen molar-refractivity contribution in [2.75, 3.05) is 44.0 Å². The van der Waals surface area contributed by atoms with Crippen LogP contribution in [0.25, 0.3) is 0 Å². The molecule has 2 aromatic carbocycles. The molecule has 0 aromatic heterocycles. The van der Waals surface area contributed by atoms with Gasteiger partial charge in [-0.15, -0.1) is 0 Å². The second-order valence-corrected chi connectivity index (χ2v) is 6.58. The maximum absolute atomic E-state index is 12.3. The number of benzene rings is 2. The van der Waals surface area contributed by atoms with Crippen LogP contribution >= 0.6 is 12.2 Å². The molecule has 0 radical (unpaired) electrons. The van der Waals surface area contributed by atoms with Gasteiger partial charge in [0.2, 0.25) is 5.91 Å². The molecule has 3 rings (SSSR count). The van der Waals surface area contributed by atoms with Crippen LogP contribution in [0.5, 0.6) is 5.75 Å². The first-order valence-corrected chi connectivity index (χ1v) is 9.21. The topological polar surface area (TPSA) is 62.8 Å². The number of morpholine rings is 1. The number of carbonyl (C=O) groups is 1. The summed E-state index contributed by atoms with van der Waals surface area (Å²) in [6.45, 7) is 2.58.